The van der Waals surface area contributed by atoms with Gasteiger partial charge in [-0.3, -0.25) is 4.79 Å². The third kappa shape index (κ3) is 5.12. The van der Waals surface area contributed by atoms with Crippen molar-refractivity contribution in [2.45, 2.75) is 51.5 Å². The van der Waals surface area contributed by atoms with E-state index in [4.69, 9.17) is 0 Å². The molecule has 0 radical (unpaired) electrons. The van der Waals surface area contributed by atoms with E-state index in [1.54, 1.807) is 6.07 Å². The van der Waals surface area contributed by atoms with Crippen LogP contribution in [-0.2, 0) is 0 Å². The number of anilines is 1. The molecule has 0 atom stereocenters. The van der Waals surface area contributed by atoms with Crippen molar-refractivity contribution in [2.24, 2.45) is 0 Å². The van der Waals surface area contributed by atoms with Crippen LogP contribution < -0.4 is 10.6 Å². The van der Waals surface area contributed by atoms with E-state index in [9.17, 15) is 9.18 Å². The first-order valence-electron chi connectivity index (χ1n) is 7.94. The van der Waals surface area contributed by atoms with E-state index in [0.717, 1.165) is 19.5 Å². The number of hydrogen-bond acceptors (Lipinski definition) is 3. The summed E-state index contributed by atoms with van der Waals surface area (Å²) in [5.41, 5.74) is 1.15. The van der Waals surface area contributed by atoms with Gasteiger partial charge in [0.25, 0.3) is 0 Å². The Bertz CT molecular complexity index is 470. The summed E-state index contributed by atoms with van der Waals surface area (Å²) < 4.78 is 13.3. The first kappa shape index (κ1) is 16.0. The summed E-state index contributed by atoms with van der Waals surface area (Å²) in [5.74, 6) is -0.360. The summed E-state index contributed by atoms with van der Waals surface area (Å²) in [4.78, 5) is 11.5. The van der Waals surface area contributed by atoms with Gasteiger partial charge in [0, 0.05) is 23.8 Å². The molecule has 0 aromatic heterocycles. The molecule has 116 valence electrons. The molecule has 0 heterocycles. The van der Waals surface area contributed by atoms with Crippen LogP contribution in [-0.4, -0.2) is 24.9 Å². The highest BCUT2D eigenvalue weighted by molar-refractivity contribution is 5.99. The monoisotopic (exact) mass is 292 g/mol. The zero-order valence-corrected chi connectivity index (χ0v) is 12.8. The summed E-state index contributed by atoms with van der Waals surface area (Å²) >= 11 is 0. The lowest BCUT2D eigenvalue weighted by Crippen LogP contribution is -2.32. The van der Waals surface area contributed by atoms with Crippen molar-refractivity contribution in [2.75, 3.05) is 18.4 Å². The molecule has 0 aliphatic heterocycles. The van der Waals surface area contributed by atoms with Gasteiger partial charge in [-0.15, -0.1) is 0 Å². The predicted octanol–water partition coefficient (Wildman–Crippen LogP) is 3.75. The van der Waals surface area contributed by atoms with Crippen molar-refractivity contribution in [3.8, 4) is 0 Å². The standard InChI is InChI=1S/C17H25FN2O/c1-13(21)16-9-8-14(18)12-17(16)20-11-5-10-19-15-6-3-2-4-7-15/h8-9,12,15,19-20H,2-7,10-11H2,1H3. The van der Waals surface area contributed by atoms with E-state index in [1.165, 1.54) is 51.2 Å². The van der Waals surface area contributed by atoms with Crippen LogP contribution in [0.1, 0.15) is 55.8 Å². The minimum absolute atomic E-state index is 0.0437. The number of Topliss-reactive ketones (excluding diaryl/α,β-unsaturated/α-hetero) is 1. The average molecular weight is 292 g/mol. The Morgan fingerprint density at radius 3 is 2.71 bits per heavy atom. The first-order valence-corrected chi connectivity index (χ1v) is 7.94. The highest BCUT2D eigenvalue weighted by Gasteiger charge is 2.12. The smallest absolute Gasteiger partial charge is 0.161 e. The molecule has 1 saturated carbocycles. The molecule has 0 amide bonds. The Morgan fingerprint density at radius 2 is 2.00 bits per heavy atom. The molecule has 0 unspecified atom stereocenters. The zero-order chi connectivity index (χ0) is 15.1. The molecule has 4 heteroatoms. The van der Waals surface area contributed by atoms with Crippen LogP contribution in [0.5, 0.6) is 0 Å². The Labute approximate surface area is 126 Å². The molecule has 1 aliphatic rings. The molecule has 1 aliphatic carbocycles. The van der Waals surface area contributed by atoms with Gasteiger partial charge >= 0.3 is 0 Å². The topological polar surface area (TPSA) is 41.1 Å². The van der Waals surface area contributed by atoms with Crippen LogP contribution in [0.3, 0.4) is 0 Å². The van der Waals surface area contributed by atoms with Crippen LogP contribution in [0.2, 0.25) is 0 Å². The predicted molar refractivity (Wildman–Crippen MR) is 84.4 cm³/mol. The molecule has 2 rings (SSSR count). The van der Waals surface area contributed by atoms with Gasteiger partial charge in [0.15, 0.2) is 5.78 Å². The van der Waals surface area contributed by atoms with Gasteiger partial charge in [0.05, 0.1) is 0 Å². The number of ketones is 1. The normalized spacial score (nSPS) is 15.9. The van der Waals surface area contributed by atoms with Gasteiger partial charge in [-0.25, -0.2) is 4.39 Å². The van der Waals surface area contributed by atoms with E-state index in [1.807, 2.05) is 0 Å². The second-order valence-corrected chi connectivity index (χ2v) is 5.82. The number of carbonyl (C=O) groups excluding carboxylic acids is 1. The third-order valence-corrected chi connectivity index (χ3v) is 4.07. The Morgan fingerprint density at radius 1 is 1.24 bits per heavy atom. The number of benzene rings is 1. The van der Waals surface area contributed by atoms with Gasteiger partial charge in [-0.2, -0.15) is 0 Å². The van der Waals surface area contributed by atoms with E-state index >= 15 is 0 Å². The summed E-state index contributed by atoms with van der Waals surface area (Å²) in [6.07, 6.45) is 7.57. The highest BCUT2D eigenvalue weighted by Crippen LogP contribution is 2.18. The second-order valence-electron chi connectivity index (χ2n) is 5.82. The second kappa shape index (κ2) is 8.13. The SMILES string of the molecule is CC(=O)c1ccc(F)cc1NCCCNC1CCCCC1. The molecular weight excluding hydrogens is 267 g/mol. The van der Waals surface area contributed by atoms with E-state index < -0.39 is 0 Å². The number of nitrogens with one attached hydrogen (secondary N) is 2. The number of carbonyl (C=O) groups is 1. The summed E-state index contributed by atoms with van der Waals surface area (Å²) in [6.45, 7) is 3.20. The highest BCUT2D eigenvalue weighted by atomic mass is 19.1. The van der Waals surface area contributed by atoms with Gasteiger partial charge in [-0.05, 0) is 50.9 Å². The number of rotatable bonds is 7. The van der Waals surface area contributed by atoms with E-state index in [0.29, 0.717) is 17.3 Å². The fourth-order valence-corrected chi connectivity index (χ4v) is 2.89. The maximum absolute atomic E-state index is 13.3. The minimum Gasteiger partial charge on any atom is -0.384 e. The van der Waals surface area contributed by atoms with Crippen LogP contribution in [0.25, 0.3) is 0 Å². The van der Waals surface area contributed by atoms with Crippen molar-refractivity contribution in [3.63, 3.8) is 0 Å². The Kier molecular flexibility index (Phi) is 6.18. The lowest BCUT2D eigenvalue weighted by Gasteiger charge is -2.22. The molecule has 21 heavy (non-hydrogen) atoms. The lowest BCUT2D eigenvalue weighted by atomic mass is 9.95. The molecule has 1 aromatic rings. The van der Waals surface area contributed by atoms with Crippen molar-refractivity contribution in [3.05, 3.63) is 29.6 Å². The zero-order valence-electron chi connectivity index (χ0n) is 12.8. The molecule has 1 fully saturated rings. The van der Waals surface area contributed by atoms with Gasteiger partial charge in [0.1, 0.15) is 5.82 Å². The van der Waals surface area contributed by atoms with Crippen molar-refractivity contribution >= 4 is 11.5 Å². The van der Waals surface area contributed by atoms with Crippen LogP contribution >= 0.6 is 0 Å². The third-order valence-electron chi connectivity index (χ3n) is 4.07. The Balaban J connectivity index is 1.73. The molecular formula is C17H25FN2O. The van der Waals surface area contributed by atoms with E-state index in [-0.39, 0.29) is 11.6 Å². The first-order chi connectivity index (χ1) is 10.2. The molecule has 2 N–H and O–H groups in total. The molecule has 0 saturated heterocycles. The molecule has 0 bridgehead atoms. The van der Waals surface area contributed by atoms with Crippen LogP contribution in [0.4, 0.5) is 10.1 Å². The molecule has 0 spiro atoms. The maximum Gasteiger partial charge on any atom is 0.161 e. The summed E-state index contributed by atoms with van der Waals surface area (Å²) in [7, 11) is 0. The van der Waals surface area contributed by atoms with Gasteiger partial charge in [-0.1, -0.05) is 19.3 Å². The largest absolute Gasteiger partial charge is 0.384 e. The van der Waals surface area contributed by atoms with Crippen LogP contribution in [0, 0.1) is 5.82 Å². The summed E-state index contributed by atoms with van der Waals surface area (Å²) in [6, 6.07) is 4.93. The fraction of sp³-hybridized carbons (Fsp3) is 0.588. The van der Waals surface area contributed by atoms with Crippen LogP contribution in [0.15, 0.2) is 18.2 Å². The average Bonchev–Trinajstić information content (AvgIpc) is 2.48. The number of halogens is 1. The fourth-order valence-electron chi connectivity index (χ4n) is 2.89. The summed E-state index contributed by atoms with van der Waals surface area (Å²) in [5, 5.41) is 6.75. The minimum atomic E-state index is -0.317. The van der Waals surface area contributed by atoms with E-state index in [2.05, 4.69) is 10.6 Å². The molecule has 1 aromatic carbocycles. The van der Waals surface area contributed by atoms with Gasteiger partial charge in [0.2, 0.25) is 0 Å². The van der Waals surface area contributed by atoms with Gasteiger partial charge < -0.3 is 10.6 Å². The van der Waals surface area contributed by atoms with Crippen molar-refractivity contribution in [1.82, 2.24) is 5.32 Å². The number of hydrogen-bond donors (Lipinski definition) is 2. The quantitative estimate of drug-likeness (QED) is 0.594. The van der Waals surface area contributed by atoms with Crippen molar-refractivity contribution < 1.29 is 9.18 Å². The maximum atomic E-state index is 13.3. The molecule has 3 nitrogen and oxygen atoms in total. The lowest BCUT2D eigenvalue weighted by molar-refractivity contribution is 0.101. The van der Waals surface area contributed by atoms with Crippen molar-refractivity contribution in [1.29, 1.82) is 0 Å². The Hall–Kier alpha value is -1.42.